The molecule has 0 amide bonds. The highest BCUT2D eigenvalue weighted by molar-refractivity contribution is 5.50. The van der Waals surface area contributed by atoms with E-state index in [2.05, 4.69) is 21.4 Å². The van der Waals surface area contributed by atoms with Gasteiger partial charge in [0.05, 0.1) is 11.6 Å². The van der Waals surface area contributed by atoms with Crippen LogP contribution >= 0.6 is 0 Å². The largest absolute Gasteiger partial charge is 0.438 e. The van der Waals surface area contributed by atoms with Crippen molar-refractivity contribution in [2.45, 2.75) is 20.8 Å². The van der Waals surface area contributed by atoms with E-state index in [1.165, 1.54) is 0 Å². The highest BCUT2D eigenvalue weighted by Gasteiger charge is 2.10. The van der Waals surface area contributed by atoms with E-state index in [1.807, 2.05) is 20.8 Å². The minimum absolute atomic E-state index is 0.146. The molecule has 0 radical (unpaired) electrons. The van der Waals surface area contributed by atoms with Crippen molar-refractivity contribution in [3.8, 4) is 17.7 Å². The van der Waals surface area contributed by atoms with Gasteiger partial charge in [-0.1, -0.05) is 0 Å². The molecule has 1 aromatic heterocycles. The van der Waals surface area contributed by atoms with E-state index in [9.17, 15) is 0 Å². The number of nitrogens with two attached hydrogens (primary N) is 1. The lowest BCUT2D eigenvalue weighted by Crippen LogP contribution is -2.04. The van der Waals surface area contributed by atoms with Gasteiger partial charge in [-0.05, 0) is 44.0 Å². The number of ether oxygens (including phenoxy) is 1. The quantitative estimate of drug-likeness (QED) is 0.895. The van der Waals surface area contributed by atoms with Crippen molar-refractivity contribution in [3.63, 3.8) is 0 Å². The summed E-state index contributed by atoms with van der Waals surface area (Å²) in [6.45, 7) is 6.47. The Morgan fingerprint density at radius 2 is 1.90 bits per heavy atom. The number of hydrogen-bond donors (Lipinski definition) is 2. The van der Waals surface area contributed by atoms with Crippen LogP contribution in [0.2, 0.25) is 0 Å². The maximum atomic E-state index is 8.96. The van der Waals surface area contributed by atoms with Gasteiger partial charge in [0.15, 0.2) is 0 Å². The van der Waals surface area contributed by atoms with Gasteiger partial charge in [0, 0.05) is 12.6 Å². The molecule has 6 nitrogen and oxygen atoms in total. The Kier molecular flexibility index (Phi) is 4.24. The Balaban J connectivity index is 2.36. The third-order valence-electron chi connectivity index (χ3n) is 2.87. The molecule has 0 aliphatic carbocycles. The van der Waals surface area contributed by atoms with Gasteiger partial charge in [-0.25, -0.2) is 0 Å². The van der Waals surface area contributed by atoms with Crippen LogP contribution in [0.5, 0.6) is 11.6 Å². The maximum Gasteiger partial charge on any atom is 0.226 e. The molecule has 0 saturated heterocycles. The summed E-state index contributed by atoms with van der Waals surface area (Å²) in [5, 5.41) is 12.0. The van der Waals surface area contributed by atoms with Crippen molar-refractivity contribution in [2.75, 3.05) is 17.6 Å². The molecule has 0 spiro atoms. The summed E-state index contributed by atoms with van der Waals surface area (Å²) in [6, 6.07) is 7.37. The first kappa shape index (κ1) is 14.6. The molecule has 0 aliphatic heterocycles. The van der Waals surface area contributed by atoms with Gasteiger partial charge in [-0.3, -0.25) is 0 Å². The highest BCUT2D eigenvalue weighted by atomic mass is 16.5. The molecule has 0 unspecified atom stereocenters. The minimum Gasteiger partial charge on any atom is -0.438 e. The standard InChI is InChI=1S/C15H17N5O/c1-4-18-12-7-13(20-15(17)19-12)21-14-9(2)5-11(8-16)6-10(14)3/h5-7H,4H2,1-3H3,(H3,17,18,19,20). The van der Waals surface area contributed by atoms with E-state index in [0.717, 1.165) is 17.7 Å². The number of aromatic nitrogens is 2. The normalized spacial score (nSPS) is 10.0. The summed E-state index contributed by atoms with van der Waals surface area (Å²) in [5.74, 6) is 1.81. The lowest BCUT2D eigenvalue weighted by Gasteiger charge is -2.12. The van der Waals surface area contributed by atoms with Gasteiger partial charge in [-0.15, -0.1) is 0 Å². The Morgan fingerprint density at radius 3 is 2.48 bits per heavy atom. The van der Waals surface area contributed by atoms with Gasteiger partial charge >= 0.3 is 0 Å². The molecule has 0 saturated carbocycles. The molecule has 1 aromatic carbocycles. The summed E-state index contributed by atoms with van der Waals surface area (Å²) in [4.78, 5) is 8.15. The molecule has 21 heavy (non-hydrogen) atoms. The predicted molar refractivity (Wildman–Crippen MR) is 81.3 cm³/mol. The van der Waals surface area contributed by atoms with E-state index >= 15 is 0 Å². The third kappa shape index (κ3) is 3.39. The van der Waals surface area contributed by atoms with Crippen molar-refractivity contribution in [1.82, 2.24) is 9.97 Å². The number of rotatable bonds is 4. The van der Waals surface area contributed by atoms with Crippen LogP contribution in [0, 0.1) is 25.2 Å². The number of benzene rings is 1. The monoisotopic (exact) mass is 283 g/mol. The van der Waals surface area contributed by atoms with Crippen LogP contribution in [-0.4, -0.2) is 16.5 Å². The highest BCUT2D eigenvalue weighted by Crippen LogP contribution is 2.29. The Morgan fingerprint density at radius 1 is 1.24 bits per heavy atom. The van der Waals surface area contributed by atoms with Gasteiger partial charge in [-0.2, -0.15) is 15.2 Å². The first-order valence-electron chi connectivity index (χ1n) is 6.61. The van der Waals surface area contributed by atoms with E-state index in [1.54, 1.807) is 18.2 Å². The number of nitrogens with zero attached hydrogens (tertiary/aromatic N) is 3. The summed E-state index contributed by atoms with van der Waals surface area (Å²) >= 11 is 0. The van der Waals surface area contributed by atoms with E-state index in [4.69, 9.17) is 15.7 Å². The van der Waals surface area contributed by atoms with Crippen LogP contribution in [0.3, 0.4) is 0 Å². The van der Waals surface area contributed by atoms with Crippen LogP contribution in [0.4, 0.5) is 11.8 Å². The third-order valence-corrected chi connectivity index (χ3v) is 2.87. The summed E-state index contributed by atoms with van der Waals surface area (Å²) in [6.07, 6.45) is 0. The van der Waals surface area contributed by atoms with E-state index < -0.39 is 0 Å². The fraction of sp³-hybridized carbons (Fsp3) is 0.267. The van der Waals surface area contributed by atoms with Crippen molar-refractivity contribution in [1.29, 1.82) is 5.26 Å². The van der Waals surface area contributed by atoms with Crippen LogP contribution in [0.15, 0.2) is 18.2 Å². The van der Waals surface area contributed by atoms with E-state index in [-0.39, 0.29) is 5.95 Å². The van der Waals surface area contributed by atoms with Gasteiger partial charge in [0.25, 0.3) is 0 Å². The molecule has 3 N–H and O–H groups in total. The van der Waals surface area contributed by atoms with E-state index in [0.29, 0.717) is 23.0 Å². The molecule has 2 rings (SSSR count). The average molecular weight is 283 g/mol. The number of nitrogen functional groups attached to an aromatic ring is 1. The van der Waals surface area contributed by atoms with Crippen LogP contribution in [0.1, 0.15) is 23.6 Å². The zero-order valence-corrected chi connectivity index (χ0v) is 12.3. The molecule has 108 valence electrons. The van der Waals surface area contributed by atoms with Crippen LogP contribution in [-0.2, 0) is 0 Å². The molecule has 1 heterocycles. The van der Waals surface area contributed by atoms with Crippen molar-refractivity contribution in [3.05, 3.63) is 34.9 Å². The summed E-state index contributed by atoms with van der Waals surface area (Å²) < 4.78 is 5.83. The zero-order chi connectivity index (χ0) is 15.4. The smallest absolute Gasteiger partial charge is 0.226 e. The number of anilines is 2. The SMILES string of the molecule is CCNc1cc(Oc2c(C)cc(C#N)cc2C)nc(N)n1. The molecular weight excluding hydrogens is 266 g/mol. The maximum absolute atomic E-state index is 8.96. The lowest BCUT2D eigenvalue weighted by molar-refractivity contribution is 0.456. The van der Waals surface area contributed by atoms with Crippen LogP contribution < -0.4 is 15.8 Å². The molecule has 6 heteroatoms. The molecular formula is C15H17N5O. The number of nitriles is 1. The van der Waals surface area contributed by atoms with Gasteiger partial charge in [0.1, 0.15) is 11.6 Å². The average Bonchev–Trinajstić information content (AvgIpc) is 2.42. The number of hydrogen-bond acceptors (Lipinski definition) is 6. The zero-order valence-electron chi connectivity index (χ0n) is 12.3. The molecule has 0 aliphatic rings. The molecule has 0 atom stereocenters. The fourth-order valence-corrected chi connectivity index (χ4v) is 2.05. The van der Waals surface area contributed by atoms with Crippen LogP contribution in [0.25, 0.3) is 0 Å². The molecule has 0 fully saturated rings. The number of aryl methyl sites for hydroxylation is 2. The Hall–Kier alpha value is -2.81. The second-order valence-electron chi connectivity index (χ2n) is 4.63. The lowest BCUT2D eigenvalue weighted by atomic mass is 10.1. The fourth-order valence-electron chi connectivity index (χ4n) is 2.05. The second kappa shape index (κ2) is 6.09. The Bertz CT molecular complexity index is 683. The summed E-state index contributed by atoms with van der Waals surface area (Å²) in [7, 11) is 0. The number of nitrogens with one attached hydrogen (secondary N) is 1. The molecule has 2 aromatic rings. The summed E-state index contributed by atoms with van der Waals surface area (Å²) in [5.41, 5.74) is 8.02. The Labute approximate surface area is 123 Å². The predicted octanol–water partition coefficient (Wildman–Crippen LogP) is 2.77. The topological polar surface area (TPSA) is 96.8 Å². The van der Waals surface area contributed by atoms with Crippen molar-refractivity contribution < 1.29 is 4.74 Å². The first-order valence-corrected chi connectivity index (χ1v) is 6.61. The van der Waals surface area contributed by atoms with Crippen molar-refractivity contribution >= 4 is 11.8 Å². The second-order valence-corrected chi connectivity index (χ2v) is 4.63. The molecule has 0 bridgehead atoms. The van der Waals surface area contributed by atoms with Gasteiger partial charge in [0.2, 0.25) is 11.8 Å². The minimum atomic E-state index is 0.146. The van der Waals surface area contributed by atoms with Gasteiger partial charge < -0.3 is 15.8 Å². The van der Waals surface area contributed by atoms with Crippen molar-refractivity contribution in [2.24, 2.45) is 0 Å². The first-order chi connectivity index (χ1) is 10.0.